The number of esters is 1. The molecule has 0 bridgehead atoms. The molecule has 11 heteroatoms. The molecule has 1 aliphatic heterocycles. The summed E-state index contributed by atoms with van der Waals surface area (Å²) in [7, 11) is 1.57. The number of hydrogen-bond donors (Lipinski definition) is 0. The molecule has 0 saturated heterocycles. The third-order valence-corrected chi connectivity index (χ3v) is 8.05. The zero-order chi connectivity index (χ0) is 30.8. The summed E-state index contributed by atoms with van der Waals surface area (Å²) in [5, 5.41) is 11.0. The number of hydrogen-bond acceptors (Lipinski definition) is 9. The first-order valence-corrected chi connectivity index (χ1v) is 14.5. The third-order valence-electron chi connectivity index (χ3n) is 7.07. The molecule has 44 heavy (non-hydrogen) atoms. The minimum atomic E-state index is -0.819. The van der Waals surface area contributed by atoms with Gasteiger partial charge in [0.15, 0.2) is 4.80 Å². The maximum absolute atomic E-state index is 14.0. The number of benzene rings is 3. The van der Waals surface area contributed by atoms with Crippen LogP contribution >= 0.6 is 11.3 Å². The molecule has 0 aliphatic carbocycles. The lowest BCUT2D eigenvalue weighted by molar-refractivity contribution is -0.384. The second-order valence-electron chi connectivity index (χ2n) is 9.71. The number of nitro groups is 1. The predicted molar refractivity (Wildman–Crippen MR) is 165 cm³/mol. The predicted octanol–water partition coefficient (Wildman–Crippen LogP) is 5.11. The number of methoxy groups -OCH3 is 1. The molecule has 10 nitrogen and oxygen atoms in total. The fourth-order valence-electron chi connectivity index (χ4n) is 5.00. The number of nitrogens with zero attached hydrogens (tertiary/aromatic N) is 3. The molecule has 0 spiro atoms. The average molecular weight is 608 g/mol. The highest BCUT2D eigenvalue weighted by Gasteiger charge is 2.35. The minimum absolute atomic E-state index is 0.0230. The van der Waals surface area contributed by atoms with Gasteiger partial charge in [0.2, 0.25) is 0 Å². The van der Waals surface area contributed by atoms with Crippen molar-refractivity contribution in [3.63, 3.8) is 0 Å². The van der Waals surface area contributed by atoms with E-state index in [2.05, 4.69) is 0 Å². The summed E-state index contributed by atoms with van der Waals surface area (Å²) in [6, 6.07) is 25.1. The van der Waals surface area contributed by atoms with Crippen molar-refractivity contribution in [1.29, 1.82) is 0 Å². The van der Waals surface area contributed by atoms with Crippen molar-refractivity contribution in [1.82, 2.24) is 4.57 Å². The fraction of sp³-hybridized carbons (Fsp3) is 0.121. The Morgan fingerprint density at radius 2 is 1.75 bits per heavy atom. The molecule has 6 rings (SSSR count). The molecule has 3 aromatic carbocycles. The number of nitro benzene ring substituents is 1. The molecule has 0 saturated carbocycles. The molecule has 3 heterocycles. The van der Waals surface area contributed by atoms with Crippen molar-refractivity contribution in [2.45, 2.75) is 13.0 Å². The molecule has 5 aromatic rings. The summed E-state index contributed by atoms with van der Waals surface area (Å²) < 4.78 is 18.7. The van der Waals surface area contributed by atoms with E-state index in [1.54, 1.807) is 56.5 Å². The number of carbonyl (C=O) groups is 1. The first-order valence-electron chi connectivity index (χ1n) is 13.6. The van der Waals surface area contributed by atoms with Crippen LogP contribution < -0.4 is 19.6 Å². The summed E-state index contributed by atoms with van der Waals surface area (Å²) in [5.41, 5.74) is 2.36. The van der Waals surface area contributed by atoms with E-state index < -0.39 is 16.9 Å². The van der Waals surface area contributed by atoms with Crippen molar-refractivity contribution in [3.8, 4) is 17.1 Å². The van der Waals surface area contributed by atoms with Gasteiger partial charge in [0, 0.05) is 29.3 Å². The van der Waals surface area contributed by atoms with Gasteiger partial charge in [0.25, 0.3) is 11.2 Å². The number of ether oxygens (including phenoxy) is 2. The van der Waals surface area contributed by atoms with Gasteiger partial charge in [-0.1, -0.05) is 53.8 Å². The van der Waals surface area contributed by atoms with Gasteiger partial charge >= 0.3 is 5.97 Å². The van der Waals surface area contributed by atoms with Crippen LogP contribution in [0.1, 0.15) is 29.9 Å². The van der Waals surface area contributed by atoms with Crippen molar-refractivity contribution in [3.05, 3.63) is 143 Å². The molecule has 0 amide bonds. The lowest BCUT2D eigenvalue weighted by Crippen LogP contribution is -2.40. The van der Waals surface area contributed by atoms with E-state index in [1.165, 1.54) is 28.0 Å². The van der Waals surface area contributed by atoms with Crippen LogP contribution in [-0.4, -0.2) is 29.2 Å². The van der Waals surface area contributed by atoms with Gasteiger partial charge in [-0.15, -0.1) is 0 Å². The lowest BCUT2D eigenvalue weighted by Gasteiger charge is -2.26. The average Bonchev–Trinajstić information content (AvgIpc) is 3.65. The Bertz CT molecular complexity index is 2070. The smallest absolute Gasteiger partial charge is 0.338 e. The van der Waals surface area contributed by atoms with Gasteiger partial charge in [-0.05, 0) is 48.9 Å². The number of carbonyl (C=O) groups excluding carboxylic acids is 1. The largest absolute Gasteiger partial charge is 0.497 e. The molecule has 1 atom stereocenters. The number of thiazole rings is 1. The Kier molecular flexibility index (Phi) is 7.78. The highest BCUT2D eigenvalue weighted by molar-refractivity contribution is 7.07. The van der Waals surface area contributed by atoms with Gasteiger partial charge < -0.3 is 13.9 Å². The summed E-state index contributed by atoms with van der Waals surface area (Å²) in [4.78, 5) is 43.4. The van der Waals surface area contributed by atoms with Crippen LogP contribution in [-0.2, 0) is 9.53 Å². The molecule has 220 valence electrons. The van der Waals surface area contributed by atoms with Gasteiger partial charge in [-0.2, -0.15) is 0 Å². The van der Waals surface area contributed by atoms with Crippen LogP contribution in [0.3, 0.4) is 0 Å². The van der Waals surface area contributed by atoms with Crippen LogP contribution in [0.15, 0.2) is 111 Å². The quantitative estimate of drug-likeness (QED) is 0.136. The Morgan fingerprint density at radius 3 is 2.41 bits per heavy atom. The zero-order valence-corrected chi connectivity index (χ0v) is 24.4. The number of furan rings is 1. The van der Waals surface area contributed by atoms with Crippen LogP contribution in [0, 0.1) is 10.1 Å². The molecular formula is C33H25N3O7S. The Balaban J connectivity index is 1.52. The van der Waals surface area contributed by atoms with Crippen LogP contribution in [0.2, 0.25) is 0 Å². The lowest BCUT2D eigenvalue weighted by atomic mass is 9.93. The van der Waals surface area contributed by atoms with Crippen molar-refractivity contribution in [2.75, 3.05) is 13.7 Å². The minimum Gasteiger partial charge on any atom is -0.497 e. The Hall–Kier alpha value is -5.55. The first-order chi connectivity index (χ1) is 21.4. The van der Waals surface area contributed by atoms with E-state index in [1.807, 2.05) is 42.5 Å². The number of fused-ring (bicyclic) bond motifs is 1. The highest BCUT2D eigenvalue weighted by atomic mass is 32.1. The molecule has 2 aromatic heterocycles. The Morgan fingerprint density at radius 1 is 1.02 bits per heavy atom. The maximum Gasteiger partial charge on any atom is 0.338 e. The second kappa shape index (κ2) is 12.0. The maximum atomic E-state index is 14.0. The summed E-state index contributed by atoms with van der Waals surface area (Å²) in [6.07, 6.45) is 1.63. The van der Waals surface area contributed by atoms with Crippen LogP contribution in [0.25, 0.3) is 23.1 Å². The van der Waals surface area contributed by atoms with Crippen molar-refractivity contribution < 1.29 is 23.6 Å². The molecule has 0 fully saturated rings. The summed E-state index contributed by atoms with van der Waals surface area (Å²) in [5.74, 6) is 0.972. The Labute approximate surface area is 254 Å². The molecule has 0 unspecified atom stereocenters. The van der Waals surface area contributed by atoms with E-state index >= 15 is 0 Å². The van der Waals surface area contributed by atoms with Crippen LogP contribution in [0.5, 0.6) is 5.75 Å². The number of non-ortho nitro benzene ring substituents is 1. The monoisotopic (exact) mass is 607 g/mol. The van der Waals surface area contributed by atoms with Crippen LogP contribution in [0.4, 0.5) is 5.69 Å². The van der Waals surface area contributed by atoms with E-state index in [9.17, 15) is 19.7 Å². The topological polar surface area (TPSA) is 126 Å². The standard InChI is InChI=1S/C33H25N3O7S/c1-3-42-32(38)28-29(21-7-5-4-6-8-21)34-33-35(30(28)22-11-15-24(41-2)16-12-22)31(37)27(44-33)19-25-17-18-26(43-25)20-9-13-23(14-10-20)36(39)40/h4-19,30H,3H2,1-2H3/b27-19-/t30-/m1/s1. The van der Waals surface area contributed by atoms with E-state index in [0.29, 0.717) is 49.0 Å². The van der Waals surface area contributed by atoms with Crippen molar-refractivity contribution in [2.24, 2.45) is 4.99 Å². The van der Waals surface area contributed by atoms with Crippen molar-refractivity contribution >= 4 is 34.8 Å². The normalized spacial score (nSPS) is 14.6. The van der Waals surface area contributed by atoms with Gasteiger partial charge in [-0.25, -0.2) is 9.79 Å². The zero-order valence-electron chi connectivity index (χ0n) is 23.6. The van der Waals surface area contributed by atoms with Gasteiger partial charge in [0.05, 0.1) is 40.5 Å². The van der Waals surface area contributed by atoms with E-state index in [4.69, 9.17) is 18.9 Å². The number of rotatable bonds is 8. The fourth-order valence-corrected chi connectivity index (χ4v) is 5.99. The number of aromatic nitrogens is 1. The summed E-state index contributed by atoms with van der Waals surface area (Å²) in [6.45, 7) is 1.88. The summed E-state index contributed by atoms with van der Waals surface area (Å²) >= 11 is 1.18. The van der Waals surface area contributed by atoms with Gasteiger partial charge in [0.1, 0.15) is 17.3 Å². The molecule has 0 N–H and O–H groups in total. The SMILES string of the molecule is CCOC(=O)C1=C(c2ccccc2)N=c2s/c(=C\c3ccc(-c4ccc([N+](=O)[O-])cc4)o3)c(=O)n2[C@@H]1c1ccc(OC)cc1. The highest BCUT2D eigenvalue weighted by Crippen LogP contribution is 2.35. The first kappa shape index (κ1) is 28.6. The van der Waals surface area contributed by atoms with E-state index in [-0.39, 0.29) is 23.4 Å². The van der Waals surface area contributed by atoms with Gasteiger partial charge in [-0.3, -0.25) is 19.5 Å². The second-order valence-corrected chi connectivity index (χ2v) is 10.7. The molecular weight excluding hydrogens is 582 g/mol. The molecule has 0 radical (unpaired) electrons. The van der Waals surface area contributed by atoms with E-state index in [0.717, 1.165) is 0 Å². The molecule has 1 aliphatic rings. The third kappa shape index (κ3) is 5.36.